The Kier molecular flexibility index (Phi) is 8.83. The van der Waals surface area contributed by atoms with Crippen LogP contribution in [0.5, 0.6) is 0 Å². The van der Waals surface area contributed by atoms with Gasteiger partial charge in [-0.05, 0) is 0 Å². The lowest BCUT2D eigenvalue weighted by Crippen LogP contribution is -2.30. The molecule has 0 fully saturated rings. The Morgan fingerprint density at radius 2 is 1.14 bits per heavy atom. The summed E-state index contributed by atoms with van der Waals surface area (Å²) in [6.07, 6.45) is 2.75. The predicted molar refractivity (Wildman–Crippen MR) is 72.0 cm³/mol. The van der Waals surface area contributed by atoms with Gasteiger partial charge in [0.25, 0.3) is 0 Å². The molecule has 0 saturated heterocycles. The maximum atomic E-state index is 11.8. The van der Waals surface area contributed by atoms with Gasteiger partial charge in [0.05, 0.1) is 5.92 Å². The zero-order valence-electron chi connectivity index (χ0n) is 11.4. The largest absolute Gasteiger partial charge is 0.462 e. The molecule has 0 unspecified atom stereocenters. The van der Waals surface area contributed by atoms with E-state index in [1.54, 1.807) is 0 Å². The first-order chi connectivity index (χ1) is 9.94. The van der Waals surface area contributed by atoms with Gasteiger partial charge in [0, 0.05) is 18.2 Å². The minimum absolute atomic E-state index is 0.334. The first kappa shape index (κ1) is 18.3. The third-order valence-corrected chi connectivity index (χ3v) is 2.17. The van der Waals surface area contributed by atoms with Crippen LogP contribution in [0.1, 0.15) is 0 Å². The predicted octanol–water partition coefficient (Wildman–Crippen LogP) is 0.359. The van der Waals surface area contributed by atoms with Crippen LogP contribution in [0.2, 0.25) is 0 Å². The molecule has 0 spiro atoms. The molecule has 0 aromatic rings. The average molecular weight is 296 g/mol. The number of hydrogen-bond acceptors (Lipinski definition) is 7. The van der Waals surface area contributed by atoms with Gasteiger partial charge in [-0.25, -0.2) is 14.4 Å². The topological polar surface area (TPSA) is 96.0 Å². The van der Waals surface area contributed by atoms with Crippen molar-refractivity contribution in [3.05, 3.63) is 38.0 Å². The molecule has 0 aliphatic carbocycles. The summed E-state index contributed by atoms with van der Waals surface area (Å²) in [4.78, 5) is 44.6. The van der Waals surface area contributed by atoms with Gasteiger partial charge in [0.1, 0.15) is 13.2 Å². The van der Waals surface area contributed by atoms with Crippen molar-refractivity contribution in [2.75, 3.05) is 19.8 Å². The normalized spacial score (nSPS) is 9.38. The number of hydrogen-bond donors (Lipinski definition) is 0. The van der Waals surface area contributed by atoms with Crippen molar-refractivity contribution in [2.45, 2.75) is 0 Å². The zero-order chi connectivity index (χ0) is 16.3. The van der Waals surface area contributed by atoms with E-state index < -0.39 is 36.2 Å². The second-order valence-electron chi connectivity index (χ2n) is 3.64. The van der Waals surface area contributed by atoms with Crippen LogP contribution in [-0.4, -0.2) is 43.5 Å². The summed E-state index contributed by atoms with van der Waals surface area (Å²) in [7, 11) is 0. The molecule has 0 aromatic heterocycles. The van der Waals surface area contributed by atoms with Crippen molar-refractivity contribution in [2.24, 2.45) is 5.92 Å². The van der Waals surface area contributed by atoms with E-state index in [4.69, 9.17) is 9.47 Å². The molecule has 0 bridgehead atoms. The van der Waals surface area contributed by atoms with Crippen LogP contribution in [0.3, 0.4) is 0 Å². The van der Waals surface area contributed by atoms with E-state index in [1.165, 1.54) is 0 Å². The summed E-state index contributed by atoms with van der Waals surface area (Å²) < 4.78 is 14.0. The summed E-state index contributed by atoms with van der Waals surface area (Å²) in [6.45, 7) is 8.37. The van der Waals surface area contributed by atoms with E-state index in [0.29, 0.717) is 0 Å². The Morgan fingerprint density at radius 1 is 0.762 bits per heavy atom. The number of esters is 3. The molecule has 0 heterocycles. The second kappa shape index (κ2) is 10.1. The zero-order valence-corrected chi connectivity index (χ0v) is 11.4. The highest BCUT2D eigenvalue weighted by Crippen LogP contribution is 2.04. The van der Waals surface area contributed by atoms with Crippen molar-refractivity contribution in [3.63, 3.8) is 0 Å². The molecule has 0 aliphatic rings. The van der Waals surface area contributed by atoms with Gasteiger partial charge in [-0.2, -0.15) is 0 Å². The molecule has 7 nitrogen and oxygen atoms in total. The molecule has 114 valence electrons. The van der Waals surface area contributed by atoms with Crippen LogP contribution in [0, 0.1) is 5.92 Å². The molecule has 0 radical (unpaired) electrons. The Labute approximate surface area is 121 Å². The Hall–Kier alpha value is -2.70. The molecule has 21 heavy (non-hydrogen) atoms. The van der Waals surface area contributed by atoms with Gasteiger partial charge in [0.15, 0.2) is 12.4 Å². The molecule has 7 heteroatoms. The van der Waals surface area contributed by atoms with Gasteiger partial charge < -0.3 is 14.2 Å². The lowest BCUT2D eigenvalue weighted by molar-refractivity contribution is -0.151. The number of carbonyl (C=O) groups is 4. The first-order valence-electron chi connectivity index (χ1n) is 5.84. The highest BCUT2D eigenvalue weighted by Gasteiger charge is 2.23. The Morgan fingerprint density at radius 3 is 1.52 bits per heavy atom. The molecule has 0 aromatic carbocycles. The van der Waals surface area contributed by atoms with Crippen LogP contribution in [-0.2, 0) is 33.4 Å². The van der Waals surface area contributed by atoms with Crippen LogP contribution in [0.15, 0.2) is 38.0 Å². The van der Waals surface area contributed by atoms with E-state index >= 15 is 0 Å². The standard InChI is InChI=1S/C14H16O7/c1-4-12(16)19-7-10(8-20-13(17)5-2)11(15)9-21-14(18)6-3/h4-6,10H,1-3,7-9H2. The SMILES string of the molecule is C=CC(=O)OCC(=O)C(COC(=O)C=C)COC(=O)C=C. The summed E-state index contributed by atoms with van der Waals surface area (Å²) in [5, 5.41) is 0. The van der Waals surface area contributed by atoms with E-state index in [2.05, 4.69) is 24.5 Å². The minimum atomic E-state index is -0.963. The van der Waals surface area contributed by atoms with Crippen LogP contribution < -0.4 is 0 Å². The number of carbonyl (C=O) groups excluding carboxylic acids is 4. The fourth-order valence-electron chi connectivity index (χ4n) is 1.04. The lowest BCUT2D eigenvalue weighted by Gasteiger charge is -2.15. The third kappa shape index (κ3) is 8.14. The van der Waals surface area contributed by atoms with Crippen molar-refractivity contribution in [1.29, 1.82) is 0 Å². The van der Waals surface area contributed by atoms with Crippen molar-refractivity contribution in [3.8, 4) is 0 Å². The van der Waals surface area contributed by atoms with Gasteiger partial charge >= 0.3 is 17.9 Å². The van der Waals surface area contributed by atoms with E-state index in [0.717, 1.165) is 18.2 Å². The maximum Gasteiger partial charge on any atom is 0.330 e. The number of ketones is 1. The molecule has 0 rings (SSSR count). The van der Waals surface area contributed by atoms with E-state index in [1.807, 2.05) is 0 Å². The van der Waals surface area contributed by atoms with Crippen LogP contribution in [0.25, 0.3) is 0 Å². The molecule has 0 saturated carbocycles. The molecule has 0 N–H and O–H groups in total. The van der Waals surface area contributed by atoms with Crippen molar-refractivity contribution in [1.82, 2.24) is 0 Å². The number of Topliss-reactive ketones (excluding diaryl/α,β-unsaturated/α-hetero) is 1. The van der Waals surface area contributed by atoms with E-state index in [9.17, 15) is 19.2 Å². The fourth-order valence-corrected chi connectivity index (χ4v) is 1.04. The summed E-state index contributed by atoms with van der Waals surface area (Å²) in [5.41, 5.74) is 0. The molecular weight excluding hydrogens is 280 g/mol. The quantitative estimate of drug-likeness (QED) is 0.326. The number of rotatable bonds is 10. The average Bonchev–Trinajstić information content (AvgIpc) is 2.51. The summed E-state index contributed by atoms with van der Waals surface area (Å²) in [6, 6.07) is 0. The molecular formula is C14H16O7. The Balaban J connectivity index is 4.56. The molecule has 0 amide bonds. The Bertz CT molecular complexity index is 426. The van der Waals surface area contributed by atoms with Crippen LogP contribution in [0.4, 0.5) is 0 Å². The lowest BCUT2D eigenvalue weighted by atomic mass is 10.1. The van der Waals surface area contributed by atoms with Gasteiger partial charge in [0.2, 0.25) is 0 Å². The maximum absolute atomic E-state index is 11.8. The first-order valence-corrected chi connectivity index (χ1v) is 5.84. The monoisotopic (exact) mass is 296 g/mol. The highest BCUT2D eigenvalue weighted by atomic mass is 16.6. The third-order valence-electron chi connectivity index (χ3n) is 2.17. The molecule has 0 aliphatic heterocycles. The van der Waals surface area contributed by atoms with Gasteiger partial charge in [-0.15, -0.1) is 0 Å². The van der Waals surface area contributed by atoms with Gasteiger partial charge in [-0.3, -0.25) is 4.79 Å². The molecule has 0 atom stereocenters. The second-order valence-corrected chi connectivity index (χ2v) is 3.64. The summed E-state index contributed by atoms with van der Waals surface area (Å²) >= 11 is 0. The van der Waals surface area contributed by atoms with Crippen molar-refractivity contribution >= 4 is 23.7 Å². The summed E-state index contributed by atoms with van der Waals surface area (Å²) in [5.74, 6) is -3.76. The fraction of sp³-hybridized carbons (Fsp3) is 0.286. The van der Waals surface area contributed by atoms with Crippen molar-refractivity contribution < 1.29 is 33.4 Å². The minimum Gasteiger partial charge on any atom is -0.462 e. The number of ether oxygens (including phenoxy) is 3. The highest BCUT2D eigenvalue weighted by molar-refractivity contribution is 5.88. The van der Waals surface area contributed by atoms with Gasteiger partial charge in [-0.1, -0.05) is 19.7 Å². The smallest absolute Gasteiger partial charge is 0.330 e. The van der Waals surface area contributed by atoms with Crippen LogP contribution >= 0.6 is 0 Å². The van der Waals surface area contributed by atoms with E-state index in [-0.39, 0.29) is 13.2 Å².